The third-order valence-corrected chi connectivity index (χ3v) is 6.73. The molecule has 3 aromatic rings. The van der Waals surface area contributed by atoms with Crippen LogP contribution < -0.4 is 0 Å². The molecule has 0 radical (unpaired) electrons. The molecule has 3 nitrogen and oxygen atoms in total. The number of carbonyl (C=O) groups is 1. The van der Waals surface area contributed by atoms with E-state index >= 15 is 0 Å². The molecule has 0 bridgehead atoms. The first-order chi connectivity index (χ1) is 16.0. The van der Waals surface area contributed by atoms with Gasteiger partial charge in [-0.15, -0.1) is 0 Å². The summed E-state index contributed by atoms with van der Waals surface area (Å²) in [7, 11) is 0. The van der Waals surface area contributed by atoms with Crippen LogP contribution in [0.3, 0.4) is 0 Å². The van der Waals surface area contributed by atoms with Crippen molar-refractivity contribution < 1.29 is 9.18 Å². The van der Waals surface area contributed by atoms with E-state index in [9.17, 15) is 9.18 Å². The molecular formula is C27H21Cl2FN2O. The van der Waals surface area contributed by atoms with Crippen molar-refractivity contribution in [1.82, 2.24) is 5.01 Å². The number of halogens is 3. The number of hydrazone groups is 1. The van der Waals surface area contributed by atoms with Crippen LogP contribution in [0.15, 0.2) is 83.5 Å². The Balaban J connectivity index is 1.57. The zero-order valence-electron chi connectivity index (χ0n) is 17.7. The second-order valence-electron chi connectivity index (χ2n) is 8.36. The van der Waals surface area contributed by atoms with E-state index in [4.69, 9.17) is 28.3 Å². The number of rotatable bonds is 3. The monoisotopic (exact) mass is 478 g/mol. The van der Waals surface area contributed by atoms with Crippen molar-refractivity contribution >= 4 is 40.9 Å². The first-order valence-electron chi connectivity index (χ1n) is 10.9. The van der Waals surface area contributed by atoms with Crippen LogP contribution in [-0.2, 0) is 0 Å². The lowest BCUT2D eigenvalue weighted by atomic mass is 9.77. The van der Waals surface area contributed by atoms with Crippen LogP contribution in [0.1, 0.15) is 46.8 Å². The Kier molecular flexibility index (Phi) is 6.05. The van der Waals surface area contributed by atoms with Crippen LogP contribution >= 0.6 is 23.2 Å². The molecule has 1 aliphatic carbocycles. The van der Waals surface area contributed by atoms with Crippen LogP contribution in [-0.4, -0.2) is 16.6 Å². The molecule has 1 amide bonds. The van der Waals surface area contributed by atoms with Crippen molar-refractivity contribution in [3.63, 3.8) is 0 Å². The van der Waals surface area contributed by atoms with E-state index in [1.165, 1.54) is 24.3 Å². The summed E-state index contributed by atoms with van der Waals surface area (Å²) in [4.78, 5) is 13.5. The third kappa shape index (κ3) is 4.46. The maximum atomic E-state index is 13.5. The number of hydrogen-bond acceptors (Lipinski definition) is 2. The Bertz CT molecular complexity index is 1230. The molecule has 2 atom stereocenters. The smallest absolute Gasteiger partial charge is 0.267 e. The van der Waals surface area contributed by atoms with E-state index in [-0.39, 0.29) is 23.7 Å². The Morgan fingerprint density at radius 1 is 0.939 bits per heavy atom. The molecule has 1 saturated carbocycles. The predicted octanol–water partition coefficient (Wildman–Crippen LogP) is 7.57. The van der Waals surface area contributed by atoms with Crippen molar-refractivity contribution in [2.24, 2.45) is 11.0 Å². The van der Waals surface area contributed by atoms with Crippen molar-refractivity contribution in [2.45, 2.75) is 25.3 Å². The maximum Gasteiger partial charge on any atom is 0.274 e. The molecule has 1 fully saturated rings. The van der Waals surface area contributed by atoms with Gasteiger partial charge in [0, 0.05) is 21.5 Å². The van der Waals surface area contributed by atoms with Gasteiger partial charge in [-0.05, 0) is 90.6 Å². The second-order valence-corrected chi connectivity index (χ2v) is 9.23. The predicted molar refractivity (Wildman–Crippen MR) is 131 cm³/mol. The van der Waals surface area contributed by atoms with Gasteiger partial charge in [-0.1, -0.05) is 47.5 Å². The van der Waals surface area contributed by atoms with E-state index < -0.39 is 0 Å². The quantitative estimate of drug-likeness (QED) is 0.381. The van der Waals surface area contributed by atoms with Gasteiger partial charge < -0.3 is 0 Å². The highest BCUT2D eigenvalue weighted by Crippen LogP contribution is 2.45. The van der Waals surface area contributed by atoms with Crippen LogP contribution in [0.4, 0.5) is 4.39 Å². The summed E-state index contributed by atoms with van der Waals surface area (Å²) < 4.78 is 13.5. The molecule has 33 heavy (non-hydrogen) atoms. The number of nitrogens with zero attached hydrogens (tertiary/aromatic N) is 2. The molecule has 3 aromatic carbocycles. The summed E-state index contributed by atoms with van der Waals surface area (Å²) in [5, 5.41) is 7.76. The minimum absolute atomic E-state index is 0.0721. The molecule has 5 rings (SSSR count). The number of allylic oxidation sites excluding steroid dienone is 1. The average Bonchev–Trinajstić information content (AvgIpc) is 3.22. The van der Waals surface area contributed by atoms with Crippen molar-refractivity contribution in [1.29, 1.82) is 0 Å². The second kappa shape index (κ2) is 9.12. The first kappa shape index (κ1) is 21.9. The molecule has 0 N–H and O–H groups in total. The summed E-state index contributed by atoms with van der Waals surface area (Å²) in [6.45, 7) is 0. The third-order valence-electron chi connectivity index (χ3n) is 6.22. The molecular weight excluding hydrogens is 458 g/mol. The van der Waals surface area contributed by atoms with Gasteiger partial charge in [0.1, 0.15) is 5.82 Å². The number of benzene rings is 3. The molecule has 0 aromatic heterocycles. The topological polar surface area (TPSA) is 32.7 Å². The molecule has 0 saturated heterocycles. The fourth-order valence-electron chi connectivity index (χ4n) is 4.65. The summed E-state index contributed by atoms with van der Waals surface area (Å²) in [6.07, 6.45) is 4.96. The summed E-state index contributed by atoms with van der Waals surface area (Å²) >= 11 is 12.2. The zero-order chi connectivity index (χ0) is 22.9. The highest BCUT2D eigenvalue weighted by molar-refractivity contribution is 6.30. The minimum Gasteiger partial charge on any atom is -0.267 e. The van der Waals surface area contributed by atoms with Gasteiger partial charge >= 0.3 is 0 Å². The zero-order valence-corrected chi connectivity index (χ0v) is 19.2. The Morgan fingerprint density at radius 2 is 1.58 bits per heavy atom. The number of amides is 1. The number of fused-ring (bicyclic) bond motifs is 1. The van der Waals surface area contributed by atoms with Crippen molar-refractivity contribution in [3.05, 3.63) is 111 Å². The highest BCUT2D eigenvalue weighted by atomic mass is 35.5. The summed E-state index contributed by atoms with van der Waals surface area (Å²) in [5.74, 6) is -0.555. The van der Waals surface area contributed by atoms with Gasteiger partial charge in [-0.2, -0.15) is 5.10 Å². The van der Waals surface area contributed by atoms with Crippen molar-refractivity contribution in [3.8, 4) is 0 Å². The van der Waals surface area contributed by atoms with E-state index in [1.54, 1.807) is 5.01 Å². The van der Waals surface area contributed by atoms with Gasteiger partial charge in [0.2, 0.25) is 0 Å². The van der Waals surface area contributed by atoms with Gasteiger partial charge in [-0.25, -0.2) is 9.40 Å². The van der Waals surface area contributed by atoms with Crippen LogP contribution in [0, 0.1) is 11.7 Å². The van der Waals surface area contributed by atoms with Gasteiger partial charge in [0.05, 0.1) is 11.8 Å². The molecule has 166 valence electrons. The standard InChI is InChI=1S/C27H21Cl2FN2O/c28-21-10-4-17(5-11-21)16-20-2-1-3-24-25(20)31-32(26(24)18-6-12-22(29)13-7-18)27(33)19-8-14-23(30)15-9-19/h4-16,24,26H,1-3H2/b20-16+/t24-,26-/m1/s1. The first-order valence-corrected chi connectivity index (χ1v) is 11.6. The fourth-order valence-corrected chi connectivity index (χ4v) is 4.90. The van der Waals surface area contributed by atoms with E-state index in [1.807, 2.05) is 48.5 Å². The molecule has 0 unspecified atom stereocenters. The Morgan fingerprint density at radius 3 is 2.24 bits per heavy atom. The highest BCUT2D eigenvalue weighted by Gasteiger charge is 2.43. The minimum atomic E-state index is -0.379. The van der Waals surface area contributed by atoms with Crippen LogP contribution in [0.25, 0.3) is 6.08 Å². The maximum absolute atomic E-state index is 13.5. The Hall–Kier alpha value is -2.95. The molecule has 6 heteroatoms. The molecule has 2 aliphatic rings. The van der Waals surface area contributed by atoms with Gasteiger partial charge in [-0.3, -0.25) is 4.79 Å². The van der Waals surface area contributed by atoms with Crippen molar-refractivity contribution in [2.75, 3.05) is 0 Å². The molecule has 0 spiro atoms. The molecule has 1 aliphatic heterocycles. The molecule has 1 heterocycles. The average molecular weight is 479 g/mol. The lowest BCUT2D eigenvalue weighted by molar-refractivity contribution is 0.0681. The SMILES string of the molecule is O=C(c1ccc(F)cc1)N1N=C2/C(=C/c3ccc(Cl)cc3)CCC[C@H]2[C@H]1c1ccc(Cl)cc1. The fraction of sp³-hybridized carbons (Fsp3) is 0.185. The lowest BCUT2D eigenvalue weighted by Crippen LogP contribution is -2.31. The summed E-state index contributed by atoms with van der Waals surface area (Å²) in [6, 6.07) is 20.6. The van der Waals surface area contributed by atoms with E-state index in [2.05, 4.69) is 6.08 Å². The van der Waals surface area contributed by atoms with Gasteiger partial charge in [0.25, 0.3) is 5.91 Å². The van der Waals surface area contributed by atoms with Gasteiger partial charge in [0.15, 0.2) is 0 Å². The van der Waals surface area contributed by atoms with E-state index in [0.717, 1.165) is 41.7 Å². The normalized spacial score (nSPS) is 21.1. The van der Waals surface area contributed by atoms with Crippen LogP contribution in [0.5, 0.6) is 0 Å². The van der Waals surface area contributed by atoms with E-state index in [0.29, 0.717) is 15.6 Å². The van der Waals surface area contributed by atoms with Crippen LogP contribution in [0.2, 0.25) is 10.0 Å². The Labute approximate surface area is 202 Å². The lowest BCUT2D eigenvalue weighted by Gasteiger charge is -2.29. The summed E-state index contributed by atoms with van der Waals surface area (Å²) in [5.41, 5.74) is 4.49. The number of hydrogen-bond donors (Lipinski definition) is 0. The largest absolute Gasteiger partial charge is 0.274 e. The number of carbonyl (C=O) groups excluding carboxylic acids is 1.